The van der Waals surface area contributed by atoms with Gasteiger partial charge in [0, 0.05) is 13.6 Å². The van der Waals surface area contributed by atoms with Gasteiger partial charge in [-0.05, 0) is 26.7 Å². The molecule has 8 heteroatoms. The molecular formula is C16H25N6O2+. The van der Waals surface area contributed by atoms with Gasteiger partial charge in [0.1, 0.15) is 6.04 Å². The molecule has 0 N–H and O–H groups in total. The molecule has 130 valence electrons. The van der Waals surface area contributed by atoms with Crippen LogP contribution in [0.5, 0.6) is 0 Å². The van der Waals surface area contributed by atoms with Crippen LogP contribution in [0.3, 0.4) is 0 Å². The highest BCUT2D eigenvalue weighted by molar-refractivity contribution is 6.23. The molecule has 0 aliphatic carbocycles. The molecule has 0 radical (unpaired) electrons. The van der Waals surface area contributed by atoms with Crippen LogP contribution in [0.2, 0.25) is 0 Å². The maximum atomic E-state index is 13.0. The van der Waals surface area contributed by atoms with Crippen molar-refractivity contribution >= 4 is 29.4 Å². The van der Waals surface area contributed by atoms with Crippen LogP contribution >= 0.6 is 0 Å². The van der Waals surface area contributed by atoms with E-state index in [2.05, 4.69) is 17.0 Å². The van der Waals surface area contributed by atoms with Crippen molar-refractivity contribution in [1.82, 2.24) is 14.8 Å². The quantitative estimate of drug-likeness (QED) is 0.719. The normalized spacial score (nSPS) is 26.6. The second-order valence-electron chi connectivity index (χ2n) is 6.45. The van der Waals surface area contributed by atoms with Crippen LogP contribution < -0.4 is 0 Å². The zero-order chi connectivity index (χ0) is 17.6. The van der Waals surface area contributed by atoms with Crippen molar-refractivity contribution in [2.45, 2.75) is 52.6 Å². The number of nitrogens with zero attached hydrogens (tertiary/aromatic N) is 6. The first-order chi connectivity index (χ1) is 11.4. The molecule has 0 aromatic rings. The number of hydrogen-bond acceptors (Lipinski definition) is 5. The number of amidine groups is 1. The third-order valence-corrected chi connectivity index (χ3v) is 4.74. The monoisotopic (exact) mass is 333 g/mol. The Hall–Kier alpha value is -2.25. The fourth-order valence-corrected chi connectivity index (χ4v) is 3.37. The molecule has 1 fully saturated rings. The van der Waals surface area contributed by atoms with Gasteiger partial charge >= 0.3 is 12.0 Å². The van der Waals surface area contributed by atoms with Crippen LogP contribution in [0.1, 0.15) is 40.5 Å². The Balaban J connectivity index is 2.06. The molecule has 8 nitrogen and oxygen atoms in total. The number of carbonyl (C=O) groups excluding carboxylic acids is 2. The predicted molar refractivity (Wildman–Crippen MR) is 91.2 cm³/mol. The van der Waals surface area contributed by atoms with E-state index in [1.807, 2.05) is 30.4 Å². The zero-order valence-corrected chi connectivity index (χ0v) is 15.0. The van der Waals surface area contributed by atoms with E-state index in [1.54, 1.807) is 7.05 Å². The molecule has 3 aliphatic heterocycles. The van der Waals surface area contributed by atoms with Crippen molar-refractivity contribution in [2.24, 2.45) is 10.1 Å². The largest absolute Gasteiger partial charge is 0.416 e. The van der Waals surface area contributed by atoms with E-state index in [9.17, 15) is 9.59 Å². The molecule has 24 heavy (non-hydrogen) atoms. The average molecular weight is 333 g/mol. The lowest BCUT2D eigenvalue weighted by molar-refractivity contribution is -0.559. The van der Waals surface area contributed by atoms with Crippen LogP contribution in [0.4, 0.5) is 4.79 Å². The van der Waals surface area contributed by atoms with Gasteiger partial charge in [0.05, 0.1) is 12.3 Å². The van der Waals surface area contributed by atoms with Gasteiger partial charge in [-0.2, -0.15) is 0 Å². The number of guanidine groups is 1. The number of fused-ring (bicyclic) bond motifs is 2. The summed E-state index contributed by atoms with van der Waals surface area (Å²) in [6.07, 6.45) is 1.65. The van der Waals surface area contributed by atoms with Crippen LogP contribution in [0.15, 0.2) is 10.1 Å². The molecule has 0 spiro atoms. The van der Waals surface area contributed by atoms with E-state index in [4.69, 9.17) is 0 Å². The van der Waals surface area contributed by atoms with E-state index < -0.39 is 6.04 Å². The number of amides is 3. The summed E-state index contributed by atoms with van der Waals surface area (Å²) in [4.78, 5) is 33.0. The summed E-state index contributed by atoms with van der Waals surface area (Å²) < 4.78 is 2.00. The highest BCUT2D eigenvalue weighted by Crippen LogP contribution is 2.25. The Morgan fingerprint density at radius 2 is 1.83 bits per heavy atom. The van der Waals surface area contributed by atoms with E-state index in [-0.39, 0.29) is 18.0 Å². The van der Waals surface area contributed by atoms with Gasteiger partial charge in [-0.25, -0.2) is 9.37 Å². The molecule has 0 aromatic heterocycles. The standard InChI is InChI=1S/C16H25N6O2/c1-6-8-20-14(23)12-13(19(5)16(20)24)17-15-21(9-7-2)18-10(3)11(4)22(12)15/h11-12H,6-9H2,1-5H3/q+1. The molecule has 1 saturated heterocycles. The average Bonchev–Trinajstić information content (AvgIpc) is 2.96. The van der Waals surface area contributed by atoms with Crippen molar-refractivity contribution in [3.8, 4) is 0 Å². The summed E-state index contributed by atoms with van der Waals surface area (Å²) in [5, 5.41) is 6.46. The molecule has 3 rings (SSSR count). The van der Waals surface area contributed by atoms with Gasteiger partial charge in [0.2, 0.25) is 11.9 Å². The fourth-order valence-electron chi connectivity index (χ4n) is 3.37. The van der Waals surface area contributed by atoms with Crippen LogP contribution in [-0.4, -0.2) is 81.1 Å². The molecule has 0 aromatic carbocycles. The van der Waals surface area contributed by atoms with Crippen LogP contribution in [0, 0.1) is 0 Å². The van der Waals surface area contributed by atoms with Crippen LogP contribution in [-0.2, 0) is 4.79 Å². The van der Waals surface area contributed by atoms with Crippen LogP contribution in [0.25, 0.3) is 0 Å². The number of rotatable bonds is 4. The van der Waals surface area contributed by atoms with Crippen molar-refractivity contribution in [3.05, 3.63) is 0 Å². The molecule has 2 atom stereocenters. The lowest BCUT2D eigenvalue weighted by Crippen LogP contribution is -2.64. The second-order valence-corrected chi connectivity index (χ2v) is 6.45. The van der Waals surface area contributed by atoms with E-state index in [0.717, 1.165) is 25.1 Å². The summed E-state index contributed by atoms with van der Waals surface area (Å²) in [7, 11) is 1.69. The van der Waals surface area contributed by atoms with Crippen molar-refractivity contribution in [1.29, 1.82) is 0 Å². The first-order valence-corrected chi connectivity index (χ1v) is 8.57. The Morgan fingerprint density at radius 1 is 1.17 bits per heavy atom. The zero-order valence-electron chi connectivity index (χ0n) is 15.0. The number of hydrazone groups is 1. The minimum atomic E-state index is -0.547. The third kappa shape index (κ3) is 2.23. The van der Waals surface area contributed by atoms with Crippen molar-refractivity contribution < 1.29 is 14.2 Å². The molecule has 2 unspecified atom stereocenters. The maximum Gasteiger partial charge on any atom is 0.416 e. The van der Waals surface area contributed by atoms with Crippen molar-refractivity contribution in [3.63, 3.8) is 0 Å². The highest BCUT2D eigenvalue weighted by atomic mass is 16.2. The highest BCUT2D eigenvalue weighted by Gasteiger charge is 2.55. The number of likely N-dealkylation sites (N-methyl/N-ethyl adjacent to an activating group) is 1. The molecule has 0 saturated carbocycles. The summed E-state index contributed by atoms with van der Waals surface area (Å²) in [5.74, 6) is 0.984. The van der Waals surface area contributed by atoms with Gasteiger partial charge in [0.25, 0.3) is 5.91 Å². The molecule has 0 bridgehead atoms. The first kappa shape index (κ1) is 16.6. The Labute approximate surface area is 142 Å². The molecule has 3 amide bonds. The minimum Gasteiger partial charge on any atom is -0.270 e. The number of carbonyl (C=O) groups is 2. The van der Waals surface area contributed by atoms with E-state index >= 15 is 0 Å². The first-order valence-electron chi connectivity index (χ1n) is 8.57. The smallest absolute Gasteiger partial charge is 0.270 e. The lowest BCUT2D eigenvalue weighted by Gasteiger charge is -2.35. The number of aliphatic imine (C=N–C) groups is 1. The predicted octanol–water partition coefficient (Wildman–Crippen LogP) is 0.930. The third-order valence-electron chi connectivity index (χ3n) is 4.74. The van der Waals surface area contributed by atoms with Crippen molar-refractivity contribution in [2.75, 3.05) is 20.1 Å². The SMILES string of the molecule is CCCN1N=C(C)C(C)[N+]2=C1N=C1C2C(=O)N(CCC)C(=O)N1C. The summed E-state index contributed by atoms with van der Waals surface area (Å²) in [6, 6.07) is -0.882. The summed E-state index contributed by atoms with van der Waals surface area (Å²) in [5.41, 5.74) is 0.943. The van der Waals surface area contributed by atoms with E-state index in [1.165, 1.54) is 9.80 Å². The molecule has 3 heterocycles. The van der Waals surface area contributed by atoms with Gasteiger partial charge in [0.15, 0.2) is 0 Å². The molecular weight excluding hydrogens is 308 g/mol. The van der Waals surface area contributed by atoms with Gasteiger partial charge in [-0.1, -0.05) is 18.8 Å². The molecule has 3 aliphatic rings. The number of urea groups is 1. The number of hydrogen-bond donors (Lipinski definition) is 0. The summed E-state index contributed by atoms with van der Waals surface area (Å²) >= 11 is 0. The second kappa shape index (κ2) is 5.99. The van der Waals surface area contributed by atoms with Gasteiger partial charge in [-0.15, -0.1) is 10.1 Å². The lowest BCUT2D eigenvalue weighted by atomic mass is 10.1. The minimum absolute atomic E-state index is 0.0339. The van der Waals surface area contributed by atoms with E-state index in [0.29, 0.717) is 18.3 Å². The summed E-state index contributed by atoms with van der Waals surface area (Å²) in [6.45, 7) is 9.17. The Bertz CT molecular complexity index is 680. The number of imide groups is 1. The van der Waals surface area contributed by atoms with Gasteiger partial charge in [-0.3, -0.25) is 14.6 Å². The fraction of sp³-hybridized carbons (Fsp3) is 0.688. The van der Waals surface area contributed by atoms with Gasteiger partial charge < -0.3 is 0 Å². The topological polar surface area (TPSA) is 71.6 Å². The Morgan fingerprint density at radius 3 is 2.46 bits per heavy atom. The Kier molecular flexibility index (Phi) is 4.15. The maximum absolute atomic E-state index is 13.0.